The van der Waals surface area contributed by atoms with Gasteiger partial charge in [0.25, 0.3) is 0 Å². The monoisotopic (exact) mass is 326 g/mol. The van der Waals surface area contributed by atoms with Gasteiger partial charge in [0, 0.05) is 11.4 Å². The van der Waals surface area contributed by atoms with Crippen molar-refractivity contribution in [3.05, 3.63) is 51.2 Å². The lowest BCUT2D eigenvalue weighted by Gasteiger charge is -2.08. The quantitative estimate of drug-likeness (QED) is 0.918. The summed E-state index contributed by atoms with van der Waals surface area (Å²) in [4.78, 5) is 1.04. The van der Waals surface area contributed by atoms with E-state index in [2.05, 4.69) is 4.72 Å². The Morgan fingerprint density at radius 1 is 1.35 bits per heavy atom. The number of sulfonamides is 1. The maximum Gasteiger partial charge on any atom is 0.242 e. The van der Waals surface area contributed by atoms with Crippen LogP contribution < -0.4 is 4.72 Å². The topological polar surface area (TPSA) is 70.0 Å². The van der Waals surface area contributed by atoms with Crippen molar-refractivity contribution in [3.63, 3.8) is 0 Å². The van der Waals surface area contributed by atoms with E-state index in [0.29, 0.717) is 6.42 Å². The largest absolute Gasteiger partial charge is 0.242 e. The van der Waals surface area contributed by atoms with E-state index in [9.17, 15) is 8.42 Å². The maximum absolute atomic E-state index is 12.1. The molecular weight excluding hydrogens is 316 g/mol. The predicted molar refractivity (Wildman–Crippen MR) is 79.4 cm³/mol. The molecule has 0 atom stereocenters. The molecule has 0 saturated carbocycles. The molecule has 104 valence electrons. The first-order valence-corrected chi connectivity index (χ1v) is 8.49. The number of nitrogens with one attached hydrogen (secondary N) is 1. The van der Waals surface area contributed by atoms with E-state index in [1.807, 2.05) is 23.6 Å². The van der Waals surface area contributed by atoms with E-state index in [0.717, 1.165) is 4.88 Å². The lowest BCUT2D eigenvalue weighted by molar-refractivity contribution is 0.582. The van der Waals surface area contributed by atoms with Crippen LogP contribution in [-0.4, -0.2) is 15.0 Å². The molecule has 20 heavy (non-hydrogen) atoms. The molecule has 2 rings (SSSR count). The molecule has 7 heteroatoms. The van der Waals surface area contributed by atoms with Gasteiger partial charge in [-0.1, -0.05) is 17.7 Å². The Bertz CT molecular complexity index is 734. The molecule has 4 nitrogen and oxygen atoms in total. The standard InChI is InChI=1S/C13H11ClN2O2S2/c14-12-4-3-10(9-15)8-13(12)20(17,18)16-6-5-11-2-1-7-19-11/h1-4,7-8,16H,5-6H2. The summed E-state index contributed by atoms with van der Waals surface area (Å²) in [6.07, 6.45) is 0.618. The van der Waals surface area contributed by atoms with Gasteiger partial charge in [0.05, 0.1) is 16.7 Å². The smallest absolute Gasteiger partial charge is 0.211 e. The molecule has 0 radical (unpaired) electrons. The van der Waals surface area contributed by atoms with Crippen molar-refractivity contribution in [1.29, 1.82) is 5.26 Å². The Balaban J connectivity index is 2.12. The Morgan fingerprint density at radius 3 is 2.80 bits per heavy atom. The lowest BCUT2D eigenvalue weighted by Crippen LogP contribution is -2.26. The Morgan fingerprint density at radius 2 is 2.15 bits per heavy atom. The molecule has 1 heterocycles. The lowest BCUT2D eigenvalue weighted by atomic mass is 10.2. The summed E-state index contributed by atoms with van der Waals surface area (Å²) < 4.78 is 26.8. The second-order valence-electron chi connectivity index (χ2n) is 3.98. The first kappa shape index (κ1) is 15.0. The molecule has 0 aliphatic rings. The van der Waals surface area contributed by atoms with Crippen molar-refractivity contribution >= 4 is 33.0 Å². The van der Waals surface area contributed by atoms with Gasteiger partial charge in [-0.2, -0.15) is 5.26 Å². The minimum absolute atomic E-state index is 0.0654. The fourth-order valence-electron chi connectivity index (χ4n) is 1.62. The van der Waals surface area contributed by atoms with Gasteiger partial charge in [0.1, 0.15) is 4.90 Å². The minimum Gasteiger partial charge on any atom is -0.211 e. The van der Waals surface area contributed by atoms with Gasteiger partial charge in [-0.3, -0.25) is 0 Å². The van der Waals surface area contributed by atoms with E-state index in [1.165, 1.54) is 18.2 Å². The molecule has 0 fully saturated rings. The van der Waals surface area contributed by atoms with E-state index < -0.39 is 10.0 Å². The highest BCUT2D eigenvalue weighted by molar-refractivity contribution is 7.89. The van der Waals surface area contributed by atoms with Crippen LogP contribution in [0.3, 0.4) is 0 Å². The maximum atomic E-state index is 12.1. The van der Waals surface area contributed by atoms with Crippen LogP contribution in [0.5, 0.6) is 0 Å². The molecule has 1 aromatic heterocycles. The van der Waals surface area contributed by atoms with Crippen molar-refractivity contribution in [2.24, 2.45) is 0 Å². The number of halogens is 1. The van der Waals surface area contributed by atoms with Gasteiger partial charge in [0.2, 0.25) is 10.0 Å². The fraction of sp³-hybridized carbons (Fsp3) is 0.154. The van der Waals surface area contributed by atoms with Crippen molar-refractivity contribution in [1.82, 2.24) is 4.72 Å². The summed E-state index contributed by atoms with van der Waals surface area (Å²) >= 11 is 7.46. The van der Waals surface area contributed by atoms with Crippen molar-refractivity contribution in [2.75, 3.05) is 6.54 Å². The molecule has 1 N–H and O–H groups in total. The van der Waals surface area contributed by atoms with Gasteiger partial charge in [-0.25, -0.2) is 13.1 Å². The third-order valence-corrected chi connectivity index (χ3v) is 5.47. The predicted octanol–water partition coefficient (Wildman–Crippen LogP) is 2.79. The Kier molecular flexibility index (Phi) is 4.78. The molecular formula is C13H11ClN2O2S2. The minimum atomic E-state index is -3.71. The van der Waals surface area contributed by atoms with Crippen molar-refractivity contribution in [2.45, 2.75) is 11.3 Å². The number of rotatable bonds is 5. The summed E-state index contributed by atoms with van der Waals surface area (Å²) in [5.74, 6) is 0. The zero-order valence-corrected chi connectivity index (χ0v) is 12.7. The number of nitrogens with zero attached hydrogens (tertiary/aromatic N) is 1. The first-order chi connectivity index (χ1) is 9.53. The van der Waals surface area contributed by atoms with Crippen LogP contribution in [0.2, 0.25) is 5.02 Å². The second kappa shape index (κ2) is 6.37. The van der Waals surface area contributed by atoms with Gasteiger partial charge < -0.3 is 0 Å². The number of hydrogen-bond acceptors (Lipinski definition) is 4. The van der Waals surface area contributed by atoms with Gasteiger partial charge in [0.15, 0.2) is 0 Å². The zero-order valence-electron chi connectivity index (χ0n) is 10.3. The summed E-state index contributed by atoms with van der Waals surface area (Å²) in [5.41, 5.74) is 0.257. The van der Waals surface area contributed by atoms with Crippen LogP contribution in [-0.2, 0) is 16.4 Å². The zero-order chi connectivity index (χ0) is 14.6. The molecule has 0 aliphatic heterocycles. The highest BCUT2D eigenvalue weighted by Crippen LogP contribution is 2.22. The summed E-state index contributed by atoms with van der Waals surface area (Å²) in [5, 5.41) is 10.9. The number of benzene rings is 1. The molecule has 0 spiro atoms. The third kappa shape index (κ3) is 3.58. The summed E-state index contributed by atoms with van der Waals surface area (Å²) in [6.45, 7) is 0.288. The van der Waals surface area contributed by atoms with E-state index >= 15 is 0 Å². The fourth-order valence-corrected chi connectivity index (χ4v) is 3.88. The SMILES string of the molecule is N#Cc1ccc(Cl)c(S(=O)(=O)NCCc2cccs2)c1. The van der Waals surface area contributed by atoms with Gasteiger partial charge in [-0.05, 0) is 36.1 Å². The van der Waals surface area contributed by atoms with Crippen LogP contribution in [0.25, 0.3) is 0 Å². The highest BCUT2D eigenvalue weighted by Gasteiger charge is 2.18. The summed E-state index contributed by atoms with van der Waals surface area (Å²) in [7, 11) is -3.71. The molecule has 0 amide bonds. The average Bonchev–Trinajstić information content (AvgIpc) is 2.92. The van der Waals surface area contributed by atoms with E-state index in [-0.39, 0.29) is 22.0 Å². The number of hydrogen-bond donors (Lipinski definition) is 1. The normalized spacial score (nSPS) is 11.2. The molecule has 0 aliphatic carbocycles. The van der Waals surface area contributed by atoms with Crippen molar-refractivity contribution < 1.29 is 8.42 Å². The van der Waals surface area contributed by atoms with Crippen molar-refractivity contribution in [3.8, 4) is 6.07 Å². The Hall–Kier alpha value is -1.39. The van der Waals surface area contributed by atoms with Gasteiger partial charge in [-0.15, -0.1) is 11.3 Å². The third-order valence-electron chi connectivity index (χ3n) is 2.59. The number of nitriles is 1. The van der Waals surface area contributed by atoms with Crippen LogP contribution in [0.1, 0.15) is 10.4 Å². The van der Waals surface area contributed by atoms with Crippen LogP contribution in [0.4, 0.5) is 0 Å². The van der Waals surface area contributed by atoms with E-state index in [4.69, 9.17) is 16.9 Å². The Labute approximate surface area is 126 Å². The molecule has 2 aromatic rings. The molecule has 0 unspecified atom stereocenters. The highest BCUT2D eigenvalue weighted by atomic mass is 35.5. The van der Waals surface area contributed by atoms with Crippen LogP contribution in [0.15, 0.2) is 40.6 Å². The van der Waals surface area contributed by atoms with Crippen LogP contribution >= 0.6 is 22.9 Å². The van der Waals surface area contributed by atoms with Crippen LogP contribution in [0, 0.1) is 11.3 Å². The molecule has 0 saturated heterocycles. The second-order valence-corrected chi connectivity index (χ2v) is 7.16. The van der Waals surface area contributed by atoms with E-state index in [1.54, 1.807) is 11.3 Å². The average molecular weight is 327 g/mol. The van der Waals surface area contributed by atoms with Gasteiger partial charge >= 0.3 is 0 Å². The molecule has 1 aromatic carbocycles. The first-order valence-electron chi connectivity index (χ1n) is 5.74. The molecule has 0 bridgehead atoms. The summed E-state index contributed by atoms with van der Waals surface area (Å²) in [6, 6.07) is 9.92. The number of thiophene rings is 1.